The van der Waals surface area contributed by atoms with Gasteiger partial charge in [0.2, 0.25) is 0 Å². The van der Waals surface area contributed by atoms with E-state index < -0.39 is 13.3 Å². The molecule has 12 rings (SSSR count). The number of nitrogens with zero attached hydrogens (tertiary/aromatic N) is 3. The molecule has 0 bridgehead atoms. The van der Waals surface area contributed by atoms with Crippen molar-refractivity contribution >= 4 is 74.7 Å². The zero-order valence-electron chi connectivity index (χ0n) is 30.8. The Labute approximate surface area is 331 Å². The topological polar surface area (TPSA) is 43.9 Å². The number of fused-ring (bicyclic) bond motifs is 9. The molecule has 0 saturated carbocycles. The molecule has 57 heavy (non-hydrogen) atoms. The zero-order valence-corrected chi connectivity index (χ0v) is 32.9. The average molecular weight is 788 g/mol. The molecular weight excluding hydrogens is 755 g/mol. The summed E-state index contributed by atoms with van der Waals surface area (Å²) in [5, 5.41) is 4.66. The van der Waals surface area contributed by atoms with Gasteiger partial charge in [-0.25, -0.2) is 0 Å². The van der Waals surface area contributed by atoms with E-state index in [1.807, 2.05) is 12.1 Å². The molecule has 4 heterocycles. The van der Waals surface area contributed by atoms with Crippen LogP contribution in [0.2, 0.25) is 0 Å². The van der Waals surface area contributed by atoms with Gasteiger partial charge in [-0.15, -0.1) is 0 Å². The summed E-state index contributed by atoms with van der Waals surface area (Å²) in [5.41, 5.74) is 10.5. The number of furan rings is 1. The van der Waals surface area contributed by atoms with Crippen LogP contribution in [-0.4, -0.2) is 27.8 Å². The molecule has 0 amide bonds. The van der Waals surface area contributed by atoms with E-state index >= 15 is 0 Å². The van der Waals surface area contributed by atoms with Gasteiger partial charge in [-0.1, -0.05) is 18.2 Å². The number of rotatable bonds is 5. The Bertz CT molecular complexity index is 3310. The SMILES string of the molecule is c1ccc(-c2nc(-c3cccc(-n4c5ccccc5c5cc6c(cc54)oc4ccccc46)c3)c3[c](n2)[Ge]([c]2ccccc2)([c]2ccccc2)[c]2ccccc2-3)cc1. The fraction of sp³-hybridized carbons (Fsp3) is 0. The van der Waals surface area contributed by atoms with Crippen LogP contribution in [0.5, 0.6) is 0 Å². The Hall–Kier alpha value is -7.02. The third kappa shape index (κ3) is 4.68. The van der Waals surface area contributed by atoms with Gasteiger partial charge in [-0.05, 0) is 6.07 Å². The van der Waals surface area contributed by atoms with E-state index in [0.717, 1.165) is 66.9 Å². The Morgan fingerprint density at radius 1 is 0.439 bits per heavy atom. The number of aromatic nitrogens is 3. The molecule has 0 saturated heterocycles. The summed E-state index contributed by atoms with van der Waals surface area (Å²) < 4.78 is 14.1. The molecule has 5 heteroatoms. The molecule has 0 fully saturated rings. The van der Waals surface area contributed by atoms with Gasteiger partial charge in [0.05, 0.1) is 0 Å². The third-order valence-corrected chi connectivity index (χ3v) is 21.8. The van der Waals surface area contributed by atoms with E-state index in [2.05, 4.69) is 193 Å². The number of hydrogen-bond donors (Lipinski definition) is 0. The fourth-order valence-corrected chi connectivity index (χ4v) is 19.9. The van der Waals surface area contributed by atoms with E-state index in [9.17, 15) is 0 Å². The van der Waals surface area contributed by atoms with Crippen molar-refractivity contribution in [3.63, 3.8) is 0 Å². The minimum atomic E-state index is -3.68. The van der Waals surface area contributed by atoms with Crippen molar-refractivity contribution < 1.29 is 4.42 Å². The normalized spacial score (nSPS) is 13.1. The first-order valence-corrected chi connectivity index (χ1v) is 23.6. The number of para-hydroxylation sites is 2. The summed E-state index contributed by atoms with van der Waals surface area (Å²) in [7, 11) is 0. The molecule has 1 aliphatic heterocycles. The molecule has 0 N–H and O–H groups in total. The molecule has 4 nitrogen and oxygen atoms in total. The van der Waals surface area contributed by atoms with Crippen LogP contribution in [0.3, 0.4) is 0 Å². The first-order chi connectivity index (χ1) is 28.3. The van der Waals surface area contributed by atoms with Gasteiger partial charge in [-0.2, -0.15) is 0 Å². The zero-order chi connectivity index (χ0) is 37.5. The van der Waals surface area contributed by atoms with Crippen molar-refractivity contribution in [3.8, 4) is 39.5 Å². The van der Waals surface area contributed by atoms with Crippen molar-refractivity contribution in [2.75, 3.05) is 0 Å². The van der Waals surface area contributed by atoms with Crippen LogP contribution in [0, 0.1) is 0 Å². The second kappa shape index (κ2) is 12.5. The number of benzene rings is 8. The Morgan fingerprint density at radius 2 is 1.09 bits per heavy atom. The molecule has 8 aromatic carbocycles. The van der Waals surface area contributed by atoms with Crippen LogP contribution in [0.1, 0.15) is 0 Å². The van der Waals surface area contributed by atoms with Gasteiger partial charge in [0.1, 0.15) is 0 Å². The summed E-state index contributed by atoms with van der Waals surface area (Å²) in [5.74, 6) is 0.744. The molecule has 266 valence electrons. The maximum atomic E-state index is 6.45. The van der Waals surface area contributed by atoms with Crippen LogP contribution in [0.4, 0.5) is 0 Å². The molecule has 11 aromatic rings. The predicted molar refractivity (Wildman–Crippen MR) is 237 cm³/mol. The molecule has 1 aliphatic rings. The Kier molecular flexibility index (Phi) is 7.07. The average Bonchev–Trinajstić information content (AvgIpc) is 3.92. The molecule has 0 unspecified atom stereocenters. The quantitative estimate of drug-likeness (QED) is 0.163. The van der Waals surface area contributed by atoms with Gasteiger partial charge in [0.25, 0.3) is 0 Å². The first kappa shape index (κ1) is 32.2. The third-order valence-electron chi connectivity index (χ3n) is 11.9. The van der Waals surface area contributed by atoms with Crippen LogP contribution >= 0.6 is 0 Å². The van der Waals surface area contributed by atoms with E-state index in [1.54, 1.807) is 0 Å². The first-order valence-electron chi connectivity index (χ1n) is 19.4. The molecular formula is C52H33GeN3O. The van der Waals surface area contributed by atoms with Crippen molar-refractivity contribution in [2.24, 2.45) is 0 Å². The van der Waals surface area contributed by atoms with Crippen molar-refractivity contribution in [2.45, 2.75) is 0 Å². The van der Waals surface area contributed by atoms with E-state index in [4.69, 9.17) is 14.4 Å². The summed E-state index contributed by atoms with van der Waals surface area (Å²) in [6, 6.07) is 72.1. The summed E-state index contributed by atoms with van der Waals surface area (Å²) >= 11 is -3.68. The van der Waals surface area contributed by atoms with Gasteiger partial charge < -0.3 is 0 Å². The number of hydrogen-bond acceptors (Lipinski definition) is 3. The molecule has 0 radical (unpaired) electrons. The summed E-state index contributed by atoms with van der Waals surface area (Å²) in [6.45, 7) is 0. The van der Waals surface area contributed by atoms with Crippen LogP contribution in [-0.2, 0) is 0 Å². The Morgan fingerprint density at radius 3 is 1.88 bits per heavy atom. The molecule has 0 aliphatic carbocycles. The summed E-state index contributed by atoms with van der Waals surface area (Å²) in [4.78, 5) is 11.2. The monoisotopic (exact) mass is 789 g/mol. The van der Waals surface area contributed by atoms with Crippen LogP contribution in [0.25, 0.3) is 83.2 Å². The summed E-state index contributed by atoms with van der Waals surface area (Å²) in [6.07, 6.45) is 0. The second-order valence-electron chi connectivity index (χ2n) is 14.9. The van der Waals surface area contributed by atoms with Crippen LogP contribution < -0.4 is 17.7 Å². The van der Waals surface area contributed by atoms with E-state index in [0.29, 0.717) is 0 Å². The van der Waals surface area contributed by atoms with Gasteiger partial charge in [-0.3, -0.25) is 0 Å². The maximum absolute atomic E-state index is 6.45. The predicted octanol–water partition coefficient (Wildman–Crippen LogP) is 10.2. The minimum absolute atomic E-state index is 0.744. The Balaban J connectivity index is 1.16. The molecule has 0 spiro atoms. The second-order valence-corrected chi connectivity index (χ2v) is 22.6. The van der Waals surface area contributed by atoms with E-state index in [-0.39, 0.29) is 0 Å². The van der Waals surface area contributed by atoms with Gasteiger partial charge in [0, 0.05) is 0 Å². The molecule has 3 aromatic heterocycles. The van der Waals surface area contributed by atoms with Crippen molar-refractivity contribution in [3.05, 3.63) is 200 Å². The van der Waals surface area contributed by atoms with Crippen molar-refractivity contribution in [1.82, 2.24) is 14.5 Å². The molecule has 0 atom stereocenters. The van der Waals surface area contributed by atoms with E-state index in [1.165, 1.54) is 34.1 Å². The van der Waals surface area contributed by atoms with Crippen LogP contribution in [0.15, 0.2) is 205 Å². The van der Waals surface area contributed by atoms with Gasteiger partial charge >= 0.3 is 309 Å². The van der Waals surface area contributed by atoms with Crippen molar-refractivity contribution in [1.29, 1.82) is 0 Å². The fourth-order valence-electron chi connectivity index (χ4n) is 9.45. The standard InChI is InChI=1S/C52H33GeN3O/c1-4-17-34(18-5-1)52-54-50(49-41-27-10-13-28-44(41)53(51(49)55-52,36-20-6-2-7-21-36)37-22-8-3-9-23-37)35-19-16-24-38(31-35)56-45-29-14-11-25-39(45)42-32-43-40-26-12-15-30-47(40)57-48(43)33-46(42)56/h1-33H. The van der Waals surface area contributed by atoms with Gasteiger partial charge in [0.15, 0.2) is 0 Å².